The van der Waals surface area contributed by atoms with E-state index in [0.717, 1.165) is 0 Å². The third kappa shape index (κ3) is 4.54. The molecule has 1 amide bonds. The first kappa shape index (κ1) is 20.7. The summed E-state index contributed by atoms with van der Waals surface area (Å²) in [4.78, 5) is 12.4. The van der Waals surface area contributed by atoms with Gasteiger partial charge < -0.3 is 9.73 Å². The first-order valence-corrected chi connectivity index (χ1v) is 10.2. The van der Waals surface area contributed by atoms with Crippen LogP contribution >= 0.6 is 0 Å². The monoisotopic (exact) mass is 420 g/mol. The Balaban J connectivity index is 1.78. The minimum absolute atomic E-state index is 0.0566. The third-order valence-electron chi connectivity index (χ3n) is 4.36. The molecule has 154 valence electrons. The minimum atomic E-state index is -3.84. The summed E-state index contributed by atoms with van der Waals surface area (Å²) >= 11 is 0. The van der Waals surface area contributed by atoms with E-state index in [-0.39, 0.29) is 18.0 Å². The van der Waals surface area contributed by atoms with Crippen molar-refractivity contribution in [3.05, 3.63) is 65.6 Å². The fourth-order valence-electron chi connectivity index (χ4n) is 2.94. The lowest BCUT2D eigenvalue weighted by molar-refractivity contribution is -0.116. The van der Waals surface area contributed by atoms with E-state index in [1.807, 2.05) is 0 Å². The van der Waals surface area contributed by atoms with E-state index in [1.165, 1.54) is 46.6 Å². The summed E-state index contributed by atoms with van der Waals surface area (Å²) in [7, 11) is -2.38. The Labute approximate surface area is 168 Å². The molecule has 0 aliphatic carbocycles. The van der Waals surface area contributed by atoms with Gasteiger partial charge in [-0.2, -0.15) is 9.40 Å². The van der Waals surface area contributed by atoms with Crippen LogP contribution < -0.4 is 5.32 Å². The van der Waals surface area contributed by atoms with Gasteiger partial charge in [0.1, 0.15) is 23.0 Å². The molecule has 0 saturated heterocycles. The van der Waals surface area contributed by atoms with Gasteiger partial charge in [-0.1, -0.05) is 0 Å². The van der Waals surface area contributed by atoms with Crippen LogP contribution in [0.1, 0.15) is 17.1 Å². The lowest BCUT2D eigenvalue weighted by Crippen LogP contribution is -2.27. The number of carbonyl (C=O) groups is 1. The summed E-state index contributed by atoms with van der Waals surface area (Å²) < 4.78 is 46.7. The zero-order valence-corrected chi connectivity index (χ0v) is 17.0. The maximum absolute atomic E-state index is 13.0. The Morgan fingerprint density at radius 2 is 1.93 bits per heavy atom. The highest BCUT2D eigenvalue weighted by molar-refractivity contribution is 7.89. The lowest BCUT2D eigenvalue weighted by atomic mass is 10.3. The fourth-order valence-corrected chi connectivity index (χ4v) is 4.44. The number of hydrogen-bond donors (Lipinski definition) is 1. The zero-order chi connectivity index (χ0) is 21.2. The Morgan fingerprint density at radius 3 is 2.55 bits per heavy atom. The second kappa shape index (κ2) is 8.18. The number of nitrogens with one attached hydrogen (secondary N) is 1. The second-order valence-corrected chi connectivity index (χ2v) is 8.53. The molecule has 0 aliphatic rings. The molecule has 0 fully saturated rings. The number of rotatable bonds is 7. The van der Waals surface area contributed by atoms with Crippen LogP contribution in [-0.2, 0) is 27.9 Å². The Kier molecular flexibility index (Phi) is 5.85. The molecule has 0 bridgehead atoms. The number of furan rings is 1. The third-order valence-corrected chi connectivity index (χ3v) is 6.42. The first-order valence-electron chi connectivity index (χ1n) is 8.76. The molecule has 0 unspecified atom stereocenters. The van der Waals surface area contributed by atoms with E-state index in [4.69, 9.17) is 4.42 Å². The first-order chi connectivity index (χ1) is 13.7. The van der Waals surface area contributed by atoms with Crippen LogP contribution in [0, 0.1) is 19.7 Å². The molecule has 0 saturated carbocycles. The summed E-state index contributed by atoms with van der Waals surface area (Å²) in [6.45, 7) is 3.07. The number of hydrogen-bond acceptors (Lipinski definition) is 5. The Hall–Kier alpha value is -2.98. The number of halogens is 1. The van der Waals surface area contributed by atoms with Gasteiger partial charge in [0, 0.05) is 12.7 Å². The van der Waals surface area contributed by atoms with Crippen LogP contribution in [-0.4, -0.2) is 35.5 Å². The number of aryl methyl sites for hydroxylation is 1. The second-order valence-electron chi connectivity index (χ2n) is 6.55. The average Bonchev–Trinajstić information content (AvgIpc) is 3.25. The number of aromatic nitrogens is 2. The van der Waals surface area contributed by atoms with Crippen molar-refractivity contribution in [3.63, 3.8) is 0 Å². The van der Waals surface area contributed by atoms with Crippen molar-refractivity contribution in [3.8, 4) is 0 Å². The van der Waals surface area contributed by atoms with Crippen LogP contribution in [0.2, 0.25) is 0 Å². The standard InChI is InChI=1S/C19H21FN4O4S/c1-13-19(29(26,27)23(3)11-17-5-4-10-28-17)14(2)24(22-13)12-18(25)21-16-8-6-15(20)7-9-16/h4-10H,11-12H2,1-3H3,(H,21,25). The smallest absolute Gasteiger partial charge is 0.246 e. The van der Waals surface area contributed by atoms with Gasteiger partial charge in [-0.05, 0) is 50.2 Å². The minimum Gasteiger partial charge on any atom is -0.468 e. The van der Waals surface area contributed by atoms with Crippen molar-refractivity contribution < 1.29 is 22.0 Å². The zero-order valence-electron chi connectivity index (χ0n) is 16.2. The van der Waals surface area contributed by atoms with Crippen molar-refractivity contribution in [2.45, 2.75) is 31.8 Å². The fraction of sp³-hybridized carbons (Fsp3) is 0.263. The van der Waals surface area contributed by atoms with E-state index >= 15 is 0 Å². The summed E-state index contributed by atoms with van der Waals surface area (Å²) in [6, 6.07) is 8.72. The van der Waals surface area contributed by atoms with Gasteiger partial charge in [0.05, 0.1) is 24.2 Å². The predicted molar refractivity (Wildman–Crippen MR) is 104 cm³/mol. The van der Waals surface area contributed by atoms with Crippen LogP contribution in [0.25, 0.3) is 0 Å². The van der Waals surface area contributed by atoms with Gasteiger partial charge in [0.15, 0.2) is 0 Å². The topological polar surface area (TPSA) is 97.4 Å². The normalized spacial score (nSPS) is 11.8. The maximum Gasteiger partial charge on any atom is 0.246 e. The summed E-state index contributed by atoms with van der Waals surface area (Å²) in [6.07, 6.45) is 1.48. The number of amides is 1. The summed E-state index contributed by atoms with van der Waals surface area (Å²) in [5.74, 6) is -0.303. The van der Waals surface area contributed by atoms with E-state index in [9.17, 15) is 17.6 Å². The highest BCUT2D eigenvalue weighted by atomic mass is 32.2. The van der Waals surface area contributed by atoms with E-state index in [2.05, 4.69) is 10.4 Å². The molecule has 8 nitrogen and oxygen atoms in total. The quantitative estimate of drug-likeness (QED) is 0.634. The van der Waals surface area contributed by atoms with Crippen LogP contribution in [0.5, 0.6) is 0 Å². The van der Waals surface area contributed by atoms with Gasteiger partial charge >= 0.3 is 0 Å². The summed E-state index contributed by atoms with van der Waals surface area (Å²) in [5, 5.41) is 6.84. The largest absolute Gasteiger partial charge is 0.468 e. The van der Waals surface area contributed by atoms with Crippen molar-refractivity contribution in [2.75, 3.05) is 12.4 Å². The molecule has 10 heteroatoms. The van der Waals surface area contributed by atoms with Gasteiger partial charge in [-0.25, -0.2) is 12.8 Å². The maximum atomic E-state index is 13.0. The summed E-state index contributed by atoms with van der Waals surface area (Å²) in [5.41, 5.74) is 1.08. The molecule has 29 heavy (non-hydrogen) atoms. The van der Waals surface area contributed by atoms with E-state index in [0.29, 0.717) is 22.8 Å². The van der Waals surface area contributed by atoms with Crippen molar-refractivity contribution in [1.29, 1.82) is 0 Å². The van der Waals surface area contributed by atoms with Gasteiger partial charge in [0.2, 0.25) is 15.9 Å². The Morgan fingerprint density at radius 1 is 1.24 bits per heavy atom. The molecule has 2 heterocycles. The lowest BCUT2D eigenvalue weighted by Gasteiger charge is -2.16. The van der Waals surface area contributed by atoms with Crippen LogP contribution in [0.4, 0.5) is 10.1 Å². The molecule has 2 aromatic heterocycles. The number of nitrogens with zero attached hydrogens (tertiary/aromatic N) is 3. The molecule has 3 aromatic rings. The highest BCUT2D eigenvalue weighted by Crippen LogP contribution is 2.24. The molecular formula is C19H21FN4O4S. The number of anilines is 1. The van der Waals surface area contributed by atoms with Gasteiger partial charge in [-0.15, -0.1) is 0 Å². The molecule has 0 radical (unpaired) electrons. The Bertz CT molecular complexity index is 1110. The van der Waals surface area contributed by atoms with Crippen molar-refractivity contribution >= 4 is 21.6 Å². The van der Waals surface area contributed by atoms with Gasteiger partial charge in [-0.3, -0.25) is 9.48 Å². The van der Waals surface area contributed by atoms with Crippen LogP contribution in [0.15, 0.2) is 52.0 Å². The SMILES string of the molecule is Cc1nn(CC(=O)Nc2ccc(F)cc2)c(C)c1S(=O)(=O)N(C)Cc1ccco1. The van der Waals surface area contributed by atoms with Gasteiger partial charge in [0.25, 0.3) is 0 Å². The van der Waals surface area contributed by atoms with Crippen molar-refractivity contribution in [2.24, 2.45) is 0 Å². The molecule has 0 atom stereocenters. The highest BCUT2D eigenvalue weighted by Gasteiger charge is 2.29. The molecule has 3 rings (SSSR count). The average molecular weight is 420 g/mol. The number of carbonyl (C=O) groups excluding carboxylic acids is 1. The van der Waals surface area contributed by atoms with Crippen LogP contribution in [0.3, 0.4) is 0 Å². The molecule has 1 N–H and O–H groups in total. The number of benzene rings is 1. The molecule has 0 spiro atoms. The van der Waals surface area contributed by atoms with E-state index < -0.39 is 21.7 Å². The van der Waals surface area contributed by atoms with Crippen molar-refractivity contribution in [1.82, 2.24) is 14.1 Å². The van der Waals surface area contributed by atoms with E-state index in [1.54, 1.807) is 26.0 Å². The predicted octanol–water partition coefficient (Wildman–Crippen LogP) is 2.69. The molecular weight excluding hydrogens is 399 g/mol. The molecule has 1 aromatic carbocycles. The molecule has 0 aliphatic heterocycles. The number of sulfonamides is 1.